The van der Waals surface area contributed by atoms with E-state index in [1.807, 2.05) is 12.1 Å². The first-order valence-corrected chi connectivity index (χ1v) is 9.12. The minimum absolute atomic E-state index is 0.0249. The maximum absolute atomic E-state index is 12.2. The van der Waals surface area contributed by atoms with E-state index in [0.29, 0.717) is 13.1 Å². The normalized spacial score (nSPS) is 20.8. The van der Waals surface area contributed by atoms with Crippen molar-refractivity contribution in [3.8, 4) is 0 Å². The van der Waals surface area contributed by atoms with E-state index in [2.05, 4.69) is 58.7 Å². The van der Waals surface area contributed by atoms with Gasteiger partial charge in [-0.05, 0) is 11.1 Å². The number of benzene rings is 2. The zero-order valence-corrected chi connectivity index (χ0v) is 14.7. The van der Waals surface area contributed by atoms with Gasteiger partial charge in [-0.15, -0.1) is 0 Å². The second-order valence-corrected chi connectivity index (χ2v) is 6.95. The highest BCUT2D eigenvalue weighted by molar-refractivity contribution is 5.95. The molecule has 0 spiro atoms. The number of rotatable bonds is 4. The maximum atomic E-state index is 12.2. The lowest BCUT2D eigenvalue weighted by atomic mass is 9.90. The molecule has 5 nitrogen and oxygen atoms in total. The maximum Gasteiger partial charge on any atom is 0.244 e. The predicted molar refractivity (Wildman–Crippen MR) is 99.7 cm³/mol. The van der Waals surface area contributed by atoms with Gasteiger partial charge >= 0.3 is 0 Å². The average molecular weight is 349 g/mol. The fourth-order valence-corrected chi connectivity index (χ4v) is 3.94. The summed E-state index contributed by atoms with van der Waals surface area (Å²) in [7, 11) is 0. The molecule has 2 amide bonds. The van der Waals surface area contributed by atoms with Gasteiger partial charge in [0.05, 0.1) is 6.54 Å². The van der Waals surface area contributed by atoms with Crippen LogP contribution >= 0.6 is 0 Å². The van der Waals surface area contributed by atoms with Gasteiger partial charge in [-0.2, -0.15) is 0 Å². The molecule has 1 atom stereocenters. The summed E-state index contributed by atoms with van der Waals surface area (Å²) in [6, 6.07) is 20.6. The number of fused-ring (bicyclic) bond motifs is 1. The van der Waals surface area contributed by atoms with Crippen molar-refractivity contribution in [1.82, 2.24) is 15.1 Å². The van der Waals surface area contributed by atoms with E-state index in [-0.39, 0.29) is 30.3 Å². The van der Waals surface area contributed by atoms with Gasteiger partial charge in [-0.25, -0.2) is 0 Å². The van der Waals surface area contributed by atoms with Crippen LogP contribution in [-0.2, 0) is 9.59 Å². The summed E-state index contributed by atoms with van der Waals surface area (Å²) in [5, 5.41) is 2.71. The number of amides is 2. The fraction of sp³-hybridized carbons (Fsp3) is 0.333. The summed E-state index contributed by atoms with van der Waals surface area (Å²) in [5.74, 6) is 0.230. The fourth-order valence-electron chi connectivity index (χ4n) is 3.94. The summed E-state index contributed by atoms with van der Waals surface area (Å²) in [6.45, 7) is 2.97. The number of hydrogen-bond acceptors (Lipinski definition) is 3. The van der Waals surface area contributed by atoms with Gasteiger partial charge in [0.15, 0.2) is 0 Å². The summed E-state index contributed by atoms with van der Waals surface area (Å²) in [4.78, 5) is 28.3. The first-order chi connectivity index (χ1) is 12.7. The molecule has 2 aliphatic rings. The molecule has 2 aromatic carbocycles. The van der Waals surface area contributed by atoms with Crippen LogP contribution in [-0.4, -0.2) is 60.4 Å². The molecule has 0 aromatic heterocycles. The van der Waals surface area contributed by atoms with Crippen molar-refractivity contribution in [3.63, 3.8) is 0 Å². The number of carbonyl (C=O) groups is 2. The van der Waals surface area contributed by atoms with E-state index in [0.717, 1.165) is 13.1 Å². The van der Waals surface area contributed by atoms with Gasteiger partial charge in [0, 0.05) is 32.1 Å². The highest BCUT2D eigenvalue weighted by atomic mass is 16.2. The van der Waals surface area contributed by atoms with E-state index in [1.54, 1.807) is 4.90 Å². The van der Waals surface area contributed by atoms with Gasteiger partial charge in [-0.1, -0.05) is 60.7 Å². The number of nitrogens with zero attached hydrogens (tertiary/aromatic N) is 2. The Hall–Kier alpha value is -2.66. The van der Waals surface area contributed by atoms with Crippen LogP contribution in [0.5, 0.6) is 0 Å². The molecule has 0 bridgehead atoms. The molecule has 2 fully saturated rings. The minimum Gasteiger partial charge on any atom is -0.345 e. The Morgan fingerprint density at radius 2 is 1.54 bits per heavy atom. The molecule has 134 valence electrons. The lowest BCUT2D eigenvalue weighted by Crippen LogP contribution is -2.66. The molecule has 2 saturated heterocycles. The Morgan fingerprint density at radius 3 is 2.15 bits per heavy atom. The molecule has 0 saturated carbocycles. The number of nitrogens with one attached hydrogen (secondary N) is 1. The zero-order valence-electron chi connectivity index (χ0n) is 14.7. The highest BCUT2D eigenvalue weighted by Gasteiger charge is 2.39. The summed E-state index contributed by atoms with van der Waals surface area (Å²) < 4.78 is 0. The van der Waals surface area contributed by atoms with Gasteiger partial charge < -0.3 is 10.2 Å². The van der Waals surface area contributed by atoms with Crippen LogP contribution in [0.3, 0.4) is 0 Å². The highest BCUT2D eigenvalue weighted by Crippen LogP contribution is 2.27. The quantitative estimate of drug-likeness (QED) is 0.909. The van der Waals surface area contributed by atoms with Crippen molar-refractivity contribution in [2.75, 3.05) is 32.7 Å². The van der Waals surface area contributed by atoms with Crippen molar-refractivity contribution in [1.29, 1.82) is 0 Å². The molecule has 26 heavy (non-hydrogen) atoms. The van der Waals surface area contributed by atoms with Gasteiger partial charge in [-0.3, -0.25) is 14.5 Å². The average Bonchev–Trinajstić information content (AvgIpc) is 2.70. The monoisotopic (exact) mass is 349 g/mol. The number of carbonyl (C=O) groups excluding carboxylic acids is 2. The molecule has 4 rings (SSSR count). The molecule has 2 heterocycles. The molecule has 5 heteroatoms. The van der Waals surface area contributed by atoms with Crippen molar-refractivity contribution < 1.29 is 9.59 Å². The third-order valence-electron chi connectivity index (χ3n) is 5.35. The van der Waals surface area contributed by atoms with Crippen LogP contribution in [0.2, 0.25) is 0 Å². The first kappa shape index (κ1) is 16.8. The lowest BCUT2D eigenvalue weighted by Gasteiger charge is -2.43. The third-order valence-corrected chi connectivity index (χ3v) is 5.35. The molecule has 1 N–H and O–H groups in total. The van der Waals surface area contributed by atoms with Crippen molar-refractivity contribution >= 4 is 11.8 Å². The molecule has 0 unspecified atom stereocenters. The van der Waals surface area contributed by atoms with Crippen LogP contribution in [0.4, 0.5) is 0 Å². The molecular weight excluding hydrogens is 326 g/mol. The van der Waals surface area contributed by atoms with Gasteiger partial charge in [0.25, 0.3) is 0 Å². The van der Waals surface area contributed by atoms with Crippen LogP contribution in [0.15, 0.2) is 60.7 Å². The summed E-state index contributed by atoms with van der Waals surface area (Å²) in [6.07, 6.45) is 0. The van der Waals surface area contributed by atoms with Crippen LogP contribution in [0.1, 0.15) is 17.0 Å². The van der Waals surface area contributed by atoms with Crippen LogP contribution < -0.4 is 5.32 Å². The van der Waals surface area contributed by atoms with Crippen LogP contribution in [0.25, 0.3) is 0 Å². The molecule has 2 aliphatic heterocycles. The van der Waals surface area contributed by atoms with E-state index < -0.39 is 0 Å². The van der Waals surface area contributed by atoms with E-state index in [1.165, 1.54) is 11.1 Å². The van der Waals surface area contributed by atoms with Crippen molar-refractivity contribution in [2.45, 2.75) is 12.0 Å². The summed E-state index contributed by atoms with van der Waals surface area (Å²) in [5.41, 5.74) is 2.54. The molecule has 2 aromatic rings. The van der Waals surface area contributed by atoms with E-state index in [9.17, 15) is 9.59 Å². The van der Waals surface area contributed by atoms with Crippen molar-refractivity contribution in [2.24, 2.45) is 0 Å². The van der Waals surface area contributed by atoms with Crippen LogP contribution in [0, 0.1) is 0 Å². The minimum atomic E-state index is -0.364. The first-order valence-electron chi connectivity index (χ1n) is 9.12. The van der Waals surface area contributed by atoms with E-state index in [4.69, 9.17) is 0 Å². The largest absolute Gasteiger partial charge is 0.345 e. The molecular formula is C21H23N3O2. The smallest absolute Gasteiger partial charge is 0.244 e. The molecule has 0 radical (unpaired) electrons. The van der Waals surface area contributed by atoms with E-state index >= 15 is 0 Å². The Morgan fingerprint density at radius 1 is 0.923 bits per heavy atom. The Balaban J connectivity index is 1.55. The van der Waals surface area contributed by atoms with Gasteiger partial charge in [0.2, 0.25) is 11.8 Å². The number of piperazine rings is 2. The lowest BCUT2D eigenvalue weighted by molar-refractivity contribution is -0.149. The Kier molecular flexibility index (Phi) is 4.71. The standard InChI is InChI=1S/C21H23N3O2/c25-20-13-22-21(26)19-15-23(11-12-24(19)20)14-18(16-7-3-1-4-8-16)17-9-5-2-6-10-17/h1-10,18-19H,11-15H2,(H,22,26)/t19-/m1/s1. The third kappa shape index (κ3) is 3.35. The summed E-state index contributed by atoms with van der Waals surface area (Å²) >= 11 is 0. The van der Waals surface area contributed by atoms with Crippen molar-refractivity contribution in [3.05, 3.63) is 71.8 Å². The Labute approximate surface area is 153 Å². The Bertz CT molecular complexity index is 739. The second kappa shape index (κ2) is 7.30. The molecule has 0 aliphatic carbocycles. The second-order valence-electron chi connectivity index (χ2n) is 6.95. The topological polar surface area (TPSA) is 52.7 Å². The SMILES string of the molecule is O=C1NCC(=O)N2CCN(CC(c3ccccc3)c3ccccc3)C[C@H]12. The number of hydrogen-bond donors (Lipinski definition) is 1. The predicted octanol–water partition coefficient (Wildman–Crippen LogP) is 1.46. The van der Waals surface area contributed by atoms with Gasteiger partial charge in [0.1, 0.15) is 6.04 Å². The zero-order chi connectivity index (χ0) is 17.9.